The van der Waals surface area contributed by atoms with E-state index in [0.717, 1.165) is 12.1 Å². The first-order valence-electron chi connectivity index (χ1n) is 4.42. The highest BCUT2D eigenvalue weighted by molar-refractivity contribution is 8.00. The van der Waals surface area contributed by atoms with Crippen LogP contribution < -0.4 is 0 Å². The number of carbonyl (C=O) groups excluding carboxylic acids is 1. The van der Waals surface area contributed by atoms with Crippen molar-refractivity contribution in [3.63, 3.8) is 0 Å². The van der Waals surface area contributed by atoms with Gasteiger partial charge in [0.05, 0.1) is 4.90 Å². The van der Waals surface area contributed by atoms with Crippen LogP contribution in [0.3, 0.4) is 0 Å². The zero-order chi connectivity index (χ0) is 12.3. The predicted molar refractivity (Wildman–Crippen MR) is 52.9 cm³/mol. The van der Waals surface area contributed by atoms with Gasteiger partial charge in [-0.1, -0.05) is 13.0 Å². The standard InChI is InChI=1S/C10H8F4OS/c1-2-8(15)6-3-4-9(7(11)5-6)16-10(12,13)14/h3-5H,2H2,1H3. The zero-order valence-electron chi connectivity index (χ0n) is 8.27. The van der Waals surface area contributed by atoms with Crippen molar-refractivity contribution in [1.82, 2.24) is 0 Å². The number of benzene rings is 1. The largest absolute Gasteiger partial charge is 0.446 e. The zero-order valence-corrected chi connectivity index (χ0v) is 9.08. The Hall–Kier alpha value is -1.04. The summed E-state index contributed by atoms with van der Waals surface area (Å²) >= 11 is -0.531. The molecule has 0 bridgehead atoms. The normalized spacial score (nSPS) is 11.6. The summed E-state index contributed by atoms with van der Waals surface area (Å²) in [5, 5.41) is 0. The molecule has 0 spiro atoms. The molecule has 0 aliphatic carbocycles. The Bertz CT molecular complexity index is 400. The number of ketones is 1. The maximum atomic E-state index is 13.2. The lowest BCUT2D eigenvalue weighted by Crippen LogP contribution is -2.02. The number of alkyl halides is 3. The summed E-state index contributed by atoms with van der Waals surface area (Å²) in [5.74, 6) is -1.33. The molecule has 0 fully saturated rings. The van der Waals surface area contributed by atoms with E-state index in [1.165, 1.54) is 6.07 Å². The Morgan fingerprint density at radius 2 is 2.00 bits per heavy atom. The highest BCUT2D eigenvalue weighted by atomic mass is 32.2. The molecule has 0 unspecified atom stereocenters. The van der Waals surface area contributed by atoms with Crippen molar-refractivity contribution >= 4 is 17.5 Å². The molecule has 1 rings (SSSR count). The SMILES string of the molecule is CCC(=O)c1ccc(SC(F)(F)F)c(F)c1. The Morgan fingerprint density at radius 3 is 2.44 bits per heavy atom. The first-order valence-corrected chi connectivity index (χ1v) is 5.23. The van der Waals surface area contributed by atoms with E-state index in [-0.39, 0.29) is 17.8 Å². The van der Waals surface area contributed by atoms with E-state index in [9.17, 15) is 22.4 Å². The number of rotatable bonds is 3. The van der Waals surface area contributed by atoms with Crippen molar-refractivity contribution in [1.29, 1.82) is 0 Å². The number of carbonyl (C=O) groups is 1. The molecular formula is C10H8F4OS. The summed E-state index contributed by atoms with van der Waals surface area (Å²) in [4.78, 5) is 10.6. The second-order valence-electron chi connectivity index (χ2n) is 2.97. The number of hydrogen-bond acceptors (Lipinski definition) is 2. The third-order valence-corrected chi connectivity index (χ3v) is 2.58. The average molecular weight is 252 g/mol. The van der Waals surface area contributed by atoms with Gasteiger partial charge in [0, 0.05) is 12.0 Å². The summed E-state index contributed by atoms with van der Waals surface area (Å²) < 4.78 is 49.1. The minimum Gasteiger partial charge on any atom is -0.294 e. The van der Waals surface area contributed by atoms with Crippen LogP contribution >= 0.6 is 11.8 Å². The molecule has 16 heavy (non-hydrogen) atoms. The van der Waals surface area contributed by atoms with Crippen LogP contribution in [0.25, 0.3) is 0 Å². The lowest BCUT2D eigenvalue weighted by Gasteiger charge is -2.07. The topological polar surface area (TPSA) is 17.1 Å². The Labute approximate surface area is 93.8 Å². The maximum absolute atomic E-state index is 13.2. The second kappa shape index (κ2) is 4.86. The van der Waals surface area contributed by atoms with Gasteiger partial charge in [0.1, 0.15) is 5.82 Å². The Kier molecular flexibility index (Phi) is 3.96. The predicted octanol–water partition coefficient (Wildman–Crippen LogP) is 4.03. The molecular weight excluding hydrogens is 244 g/mol. The van der Waals surface area contributed by atoms with Gasteiger partial charge in [-0.25, -0.2) is 4.39 Å². The summed E-state index contributed by atoms with van der Waals surface area (Å²) in [6.07, 6.45) is 0.186. The fourth-order valence-electron chi connectivity index (χ4n) is 1.09. The molecule has 0 radical (unpaired) electrons. The molecule has 0 aromatic heterocycles. The molecule has 1 nitrogen and oxygen atoms in total. The van der Waals surface area contributed by atoms with Crippen molar-refractivity contribution in [2.75, 3.05) is 0 Å². The Balaban J connectivity index is 2.96. The smallest absolute Gasteiger partial charge is 0.294 e. The second-order valence-corrected chi connectivity index (χ2v) is 4.08. The third-order valence-electron chi connectivity index (χ3n) is 1.80. The molecule has 0 saturated carbocycles. The number of halogens is 4. The summed E-state index contributed by atoms with van der Waals surface area (Å²) in [7, 11) is 0. The minimum atomic E-state index is -4.53. The van der Waals surface area contributed by atoms with Crippen LogP contribution in [-0.4, -0.2) is 11.3 Å². The van der Waals surface area contributed by atoms with Gasteiger partial charge < -0.3 is 0 Å². The number of thioether (sulfide) groups is 1. The molecule has 0 atom stereocenters. The lowest BCUT2D eigenvalue weighted by molar-refractivity contribution is -0.0329. The van der Waals surface area contributed by atoms with Crippen molar-refractivity contribution in [3.8, 4) is 0 Å². The van der Waals surface area contributed by atoms with Gasteiger partial charge in [0.25, 0.3) is 0 Å². The fourth-order valence-corrected chi connectivity index (χ4v) is 1.63. The number of Topliss-reactive ketones (excluding diaryl/α,β-unsaturated/α-hetero) is 1. The van der Waals surface area contributed by atoms with Gasteiger partial charge in [-0.3, -0.25) is 4.79 Å². The van der Waals surface area contributed by atoms with Gasteiger partial charge in [0.2, 0.25) is 0 Å². The van der Waals surface area contributed by atoms with Crippen molar-refractivity contribution < 1.29 is 22.4 Å². The van der Waals surface area contributed by atoms with Crippen molar-refractivity contribution in [3.05, 3.63) is 29.6 Å². The number of hydrogen-bond donors (Lipinski definition) is 0. The first kappa shape index (κ1) is 13.0. The van der Waals surface area contributed by atoms with Gasteiger partial charge in [0.15, 0.2) is 5.78 Å². The third kappa shape index (κ3) is 3.52. The summed E-state index contributed by atoms with van der Waals surface area (Å²) in [6, 6.07) is 3.00. The maximum Gasteiger partial charge on any atom is 0.446 e. The van der Waals surface area contributed by atoms with Gasteiger partial charge >= 0.3 is 5.51 Å². The monoisotopic (exact) mass is 252 g/mol. The molecule has 0 N–H and O–H groups in total. The highest BCUT2D eigenvalue weighted by Gasteiger charge is 2.30. The molecule has 1 aromatic carbocycles. The lowest BCUT2D eigenvalue weighted by atomic mass is 10.1. The van der Waals surface area contributed by atoms with E-state index in [1.807, 2.05) is 0 Å². The molecule has 1 aromatic rings. The Morgan fingerprint density at radius 1 is 1.38 bits per heavy atom. The van der Waals surface area contributed by atoms with Crippen molar-refractivity contribution in [2.45, 2.75) is 23.7 Å². The van der Waals surface area contributed by atoms with E-state index in [1.54, 1.807) is 6.92 Å². The summed E-state index contributed by atoms with van der Waals surface area (Å²) in [6.45, 7) is 1.60. The van der Waals surface area contributed by atoms with Crippen LogP contribution in [0.5, 0.6) is 0 Å². The van der Waals surface area contributed by atoms with Crippen LogP contribution in [0.15, 0.2) is 23.1 Å². The average Bonchev–Trinajstić information content (AvgIpc) is 2.18. The van der Waals surface area contributed by atoms with Gasteiger partial charge in [-0.05, 0) is 23.9 Å². The van der Waals surface area contributed by atoms with E-state index in [2.05, 4.69) is 0 Å². The van der Waals surface area contributed by atoms with Crippen molar-refractivity contribution in [2.24, 2.45) is 0 Å². The minimum absolute atomic E-state index is 0.0894. The molecule has 0 aliphatic rings. The highest BCUT2D eigenvalue weighted by Crippen LogP contribution is 2.38. The fraction of sp³-hybridized carbons (Fsp3) is 0.300. The molecule has 0 saturated heterocycles. The van der Waals surface area contributed by atoms with E-state index >= 15 is 0 Å². The van der Waals surface area contributed by atoms with Crippen LogP contribution in [0.1, 0.15) is 23.7 Å². The molecule has 0 heterocycles. The van der Waals surface area contributed by atoms with E-state index in [0.29, 0.717) is 0 Å². The van der Waals surface area contributed by atoms with E-state index in [4.69, 9.17) is 0 Å². The van der Waals surface area contributed by atoms with Gasteiger partial charge in [-0.15, -0.1) is 0 Å². The van der Waals surface area contributed by atoms with Crippen LogP contribution in [0, 0.1) is 5.82 Å². The molecule has 6 heteroatoms. The van der Waals surface area contributed by atoms with E-state index < -0.39 is 28.0 Å². The summed E-state index contributed by atoms with van der Waals surface area (Å²) in [5.41, 5.74) is -4.44. The van der Waals surface area contributed by atoms with Gasteiger partial charge in [-0.2, -0.15) is 13.2 Å². The molecule has 88 valence electrons. The molecule has 0 amide bonds. The van der Waals surface area contributed by atoms with Crippen LogP contribution in [0.4, 0.5) is 17.6 Å². The molecule has 0 aliphatic heterocycles. The van der Waals surface area contributed by atoms with Crippen LogP contribution in [0.2, 0.25) is 0 Å². The van der Waals surface area contributed by atoms with Crippen LogP contribution in [-0.2, 0) is 0 Å². The quantitative estimate of drug-likeness (QED) is 0.459. The first-order chi connectivity index (χ1) is 7.33.